The molecule has 0 aliphatic carbocycles. The molecule has 3 heterocycles. The second-order valence-electron chi connectivity index (χ2n) is 8.73. The van der Waals surface area contributed by atoms with Crippen molar-refractivity contribution in [2.24, 2.45) is 5.92 Å². The van der Waals surface area contributed by atoms with Crippen LogP contribution < -0.4 is 5.56 Å². The Morgan fingerprint density at radius 1 is 0.970 bits per heavy atom. The van der Waals surface area contributed by atoms with Gasteiger partial charge in [-0.2, -0.15) is 0 Å². The first-order valence-corrected chi connectivity index (χ1v) is 12.4. The van der Waals surface area contributed by atoms with Gasteiger partial charge >= 0.3 is 0 Å². The Kier molecular flexibility index (Phi) is 6.33. The van der Waals surface area contributed by atoms with Gasteiger partial charge in [0.05, 0.1) is 12.0 Å². The Hall–Kier alpha value is -2.90. The highest BCUT2D eigenvalue weighted by molar-refractivity contribution is 7.99. The quantitative estimate of drug-likeness (QED) is 0.560. The maximum absolute atomic E-state index is 13.3. The Bertz CT molecular complexity index is 1130. The predicted octanol–water partition coefficient (Wildman–Crippen LogP) is 3.21. The summed E-state index contributed by atoms with van der Waals surface area (Å²) < 4.78 is 1.67. The largest absolute Gasteiger partial charge is 0.340 e. The van der Waals surface area contributed by atoms with Crippen LogP contribution in [-0.4, -0.2) is 57.2 Å². The number of amides is 1. The summed E-state index contributed by atoms with van der Waals surface area (Å²) in [5, 5.41) is 0.716. The third-order valence-electron chi connectivity index (χ3n) is 6.57. The van der Waals surface area contributed by atoms with E-state index in [-0.39, 0.29) is 23.4 Å². The molecule has 2 aliphatic rings. The van der Waals surface area contributed by atoms with Crippen LogP contribution >= 0.6 is 11.8 Å². The Morgan fingerprint density at radius 3 is 2.18 bits per heavy atom. The number of benzene rings is 2. The van der Waals surface area contributed by atoms with Gasteiger partial charge < -0.3 is 4.90 Å². The van der Waals surface area contributed by atoms with Gasteiger partial charge in [0.2, 0.25) is 5.91 Å². The number of aryl methyl sites for hydroxylation is 1. The van der Waals surface area contributed by atoms with Gasteiger partial charge in [-0.1, -0.05) is 72.4 Å². The lowest BCUT2D eigenvalue weighted by molar-refractivity contribution is -0.137. The molecule has 2 aromatic carbocycles. The van der Waals surface area contributed by atoms with Gasteiger partial charge in [-0.3, -0.25) is 19.1 Å². The first kappa shape index (κ1) is 21.9. The number of thioether (sulfide) groups is 1. The molecule has 0 saturated carbocycles. The van der Waals surface area contributed by atoms with Gasteiger partial charge in [-0.05, 0) is 18.1 Å². The predicted molar refractivity (Wildman–Crippen MR) is 130 cm³/mol. The van der Waals surface area contributed by atoms with Gasteiger partial charge in [-0.15, -0.1) is 0 Å². The van der Waals surface area contributed by atoms with Crippen molar-refractivity contribution in [1.29, 1.82) is 0 Å². The minimum Gasteiger partial charge on any atom is -0.340 e. The number of rotatable bonds is 4. The lowest BCUT2D eigenvalue weighted by Gasteiger charge is -2.41. The number of piperazine rings is 1. The second-order valence-corrected chi connectivity index (χ2v) is 9.72. The fourth-order valence-corrected chi connectivity index (χ4v) is 5.83. The van der Waals surface area contributed by atoms with Crippen molar-refractivity contribution < 1.29 is 4.79 Å². The second kappa shape index (κ2) is 9.53. The van der Waals surface area contributed by atoms with Crippen molar-refractivity contribution in [3.05, 3.63) is 93.9 Å². The summed E-state index contributed by atoms with van der Waals surface area (Å²) in [4.78, 5) is 34.7. The Labute approximate surface area is 198 Å². The first-order valence-electron chi connectivity index (χ1n) is 11.4. The molecule has 0 spiro atoms. The third-order valence-corrected chi connectivity index (χ3v) is 7.72. The molecule has 7 heteroatoms. The summed E-state index contributed by atoms with van der Waals surface area (Å²) in [5.41, 5.74) is 3.12. The zero-order valence-electron chi connectivity index (χ0n) is 18.8. The monoisotopic (exact) mass is 460 g/mol. The van der Waals surface area contributed by atoms with Crippen LogP contribution in [0.1, 0.15) is 22.7 Å². The van der Waals surface area contributed by atoms with Crippen LogP contribution in [-0.2, 0) is 11.3 Å². The fraction of sp³-hybridized carbons (Fsp3) is 0.346. The smallest absolute Gasteiger partial charge is 0.257 e. The topological polar surface area (TPSA) is 58.4 Å². The summed E-state index contributed by atoms with van der Waals surface area (Å²) in [6, 6.07) is 21.3. The van der Waals surface area contributed by atoms with E-state index < -0.39 is 0 Å². The molecule has 1 saturated heterocycles. The van der Waals surface area contributed by atoms with Crippen LogP contribution in [0.15, 0.2) is 76.8 Å². The molecule has 1 unspecified atom stereocenters. The maximum Gasteiger partial charge on any atom is 0.257 e. The molecule has 1 atom stereocenters. The van der Waals surface area contributed by atoms with Crippen molar-refractivity contribution in [2.45, 2.75) is 24.7 Å². The lowest BCUT2D eigenvalue weighted by Crippen LogP contribution is -2.52. The SMILES string of the molecule is Cc1cnc2n(c1=O)CC(C(=O)N1CCN(C(c3ccccc3)c3ccccc3)CC1)CS2. The number of aromatic nitrogens is 2. The zero-order valence-corrected chi connectivity index (χ0v) is 19.6. The molecular formula is C26H28N4O2S. The molecule has 2 aliphatic heterocycles. The summed E-state index contributed by atoms with van der Waals surface area (Å²) in [6.45, 7) is 5.22. The lowest BCUT2D eigenvalue weighted by atomic mass is 9.96. The molecule has 1 fully saturated rings. The average molecular weight is 461 g/mol. The summed E-state index contributed by atoms with van der Waals surface area (Å²) >= 11 is 1.51. The molecule has 0 radical (unpaired) electrons. The Morgan fingerprint density at radius 2 is 1.58 bits per heavy atom. The van der Waals surface area contributed by atoms with E-state index in [0.717, 1.165) is 13.1 Å². The molecule has 33 heavy (non-hydrogen) atoms. The Balaban J connectivity index is 1.29. The number of carbonyl (C=O) groups excluding carboxylic acids is 1. The number of hydrogen-bond donors (Lipinski definition) is 0. The van der Waals surface area contributed by atoms with Crippen LogP contribution in [0, 0.1) is 12.8 Å². The van der Waals surface area contributed by atoms with Crippen LogP contribution in [0.4, 0.5) is 0 Å². The molecule has 1 amide bonds. The van der Waals surface area contributed by atoms with Crippen molar-refractivity contribution in [3.63, 3.8) is 0 Å². The molecule has 0 bridgehead atoms. The minimum absolute atomic E-state index is 0.0385. The number of hydrogen-bond acceptors (Lipinski definition) is 5. The van der Waals surface area contributed by atoms with Crippen LogP contribution in [0.2, 0.25) is 0 Å². The van der Waals surface area contributed by atoms with Gasteiger partial charge in [-0.25, -0.2) is 4.98 Å². The van der Waals surface area contributed by atoms with E-state index in [1.807, 2.05) is 17.0 Å². The minimum atomic E-state index is -0.186. The van der Waals surface area contributed by atoms with E-state index in [2.05, 4.69) is 58.4 Å². The third kappa shape index (κ3) is 4.48. The fourth-order valence-electron chi connectivity index (χ4n) is 4.79. The van der Waals surface area contributed by atoms with E-state index in [0.29, 0.717) is 36.1 Å². The zero-order chi connectivity index (χ0) is 22.8. The normalized spacial score (nSPS) is 18.8. The summed E-state index contributed by atoms with van der Waals surface area (Å²) in [6.07, 6.45) is 1.62. The standard InChI is InChI=1S/C26H28N4O2S/c1-19-16-27-26-30(24(19)31)17-22(18-33-26)25(32)29-14-12-28(13-15-29)23(20-8-4-2-5-9-20)21-10-6-3-7-11-21/h2-11,16,22-23H,12-15,17-18H2,1H3. The maximum atomic E-state index is 13.3. The molecule has 3 aromatic rings. The number of nitrogens with zero attached hydrogens (tertiary/aromatic N) is 4. The van der Waals surface area contributed by atoms with E-state index in [4.69, 9.17) is 0 Å². The van der Waals surface area contributed by atoms with Gasteiger partial charge in [0.25, 0.3) is 5.56 Å². The van der Waals surface area contributed by atoms with Gasteiger partial charge in [0, 0.05) is 50.2 Å². The number of fused-ring (bicyclic) bond motifs is 1. The number of carbonyl (C=O) groups is 1. The summed E-state index contributed by atoms with van der Waals surface area (Å²) in [5.74, 6) is 0.636. The molecule has 6 nitrogen and oxygen atoms in total. The molecular weight excluding hydrogens is 432 g/mol. The molecule has 5 rings (SSSR count). The van der Waals surface area contributed by atoms with Crippen LogP contribution in [0.3, 0.4) is 0 Å². The van der Waals surface area contributed by atoms with Crippen LogP contribution in [0.5, 0.6) is 0 Å². The van der Waals surface area contributed by atoms with Gasteiger partial charge in [0.1, 0.15) is 0 Å². The first-order chi connectivity index (χ1) is 16.1. The van der Waals surface area contributed by atoms with E-state index in [9.17, 15) is 9.59 Å². The van der Waals surface area contributed by atoms with E-state index >= 15 is 0 Å². The summed E-state index contributed by atoms with van der Waals surface area (Å²) in [7, 11) is 0. The van der Waals surface area contributed by atoms with Crippen LogP contribution in [0.25, 0.3) is 0 Å². The highest BCUT2D eigenvalue weighted by atomic mass is 32.2. The molecule has 1 aromatic heterocycles. The van der Waals surface area contributed by atoms with Crippen molar-refractivity contribution in [2.75, 3.05) is 31.9 Å². The highest BCUT2D eigenvalue weighted by Crippen LogP contribution is 2.31. The van der Waals surface area contributed by atoms with Crippen molar-refractivity contribution in [3.8, 4) is 0 Å². The van der Waals surface area contributed by atoms with E-state index in [1.165, 1.54) is 22.9 Å². The van der Waals surface area contributed by atoms with Gasteiger partial charge in [0.15, 0.2) is 5.16 Å². The molecule has 0 N–H and O–H groups in total. The van der Waals surface area contributed by atoms with E-state index in [1.54, 1.807) is 17.7 Å². The molecule has 170 valence electrons. The van der Waals surface area contributed by atoms with Crippen molar-refractivity contribution in [1.82, 2.24) is 19.4 Å². The highest BCUT2D eigenvalue weighted by Gasteiger charge is 2.33. The van der Waals surface area contributed by atoms with Crippen molar-refractivity contribution >= 4 is 17.7 Å². The average Bonchev–Trinajstić information content (AvgIpc) is 2.88.